The lowest BCUT2D eigenvalue weighted by Crippen LogP contribution is -2.25. The maximum atomic E-state index is 2.48. The van der Waals surface area contributed by atoms with Crippen LogP contribution in [0.1, 0.15) is 49.9 Å². The molecule has 0 saturated heterocycles. The van der Waals surface area contributed by atoms with E-state index in [1.54, 1.807) is 0 Å². The minimum absolute atomic E-state index is 0.0728. The molecule has 0 bridgehead atoms. The first-order valence-electron chi connectivity index (χ1n) is 15.4. The van der Waals surface area contributed by atoms with Gasteiger partial charge in [-0.3, -0.25) is 0 Å². The summed E-state index contributed by atoms with van der Waals surface area (Å²) in [7, 11) is 0. The van der Waals surface area contributed by atoms with Gasteiger partial charge in [0.05, 0.1) is 5.69 Å². The highest BCUT2D eigenvalue weighted by molar-refractivity contribution is 7.99. The fourth-order valence-corrected chi connectivity index (χ4v) is 8.82. The molecule has 1 aliphatic carbocycles. The summed E-state index contributed by atoms with van der Waals surface area (Å²) >= 11 is 1.90. The molecule has 2 heteroatoms. The highest BCUT2D eigenvalue weighted by Gasteiger charge is 2.37. The molecule has 0 spiro atoms. The van der Waals surface area contributed by atoms with Crippen LogP contribution in [-0.4, -0.2) is 0 Å². The van der Waals surface area contributed by atoms with Crippen molar-refractivity contribution in [3.8, 4) is 22.3 Å². The maximum absolute atomic E-state index is 2.48. The van der Waals surface area contributed by atoms with Gasteiger partial charge in [-0.05, 0) is 80.9 Å². The number of hydrogen-bond donors (Lipinski definition) is 0. The lowest BCUT2D eigenvalue weighted by atomic mass is 9.77. The van der Waals surface area contributed by atoms with E-state index < -0.39 is 0 Å². The number of anilines is 3. The number of rotatable bonds is 4. The molecule has 0 fully saturated rings. The lowest BCUT2D eigenvalue weighted by Gasteiger charge is -2.38. The summed E-state index contributed by atoms with van der Waals surface area (Å²) in [6.45, 7) is 9.45. The van der Waals surface area contributed by atoms with Crippen LogP contribution in [0.15, 0.2) is 149 Å². The summed E-state index contributed by atoms with van der Waals surface area (Å²) in [5.74, 6) is 0. The van der Waals surface area contributed by atoms with Gasteiger partial charge in [0.2, 0.25) is 0 Å². The highest BCUT2D eigenvalue weighted by atomic mass is 32.2. The molecule has 0 atom stereocenters. The van der Waals surface area contributed by atoms with E-state index in [2.05, 4.69) is 172 Å². The van der Waals surface area contributed by atoms with Crippen molar-refractivity contribution < 1.29 is 0 Å². The van der Waals surface area contributed by atoms with Crippen LogP contribution in [-0.2, 0) is 10.8 Å². The minimum Gasteiger partial charge on any atom is -0.309 e. The molecule has 0 N–H and O–H groups in total. The van der Waals surface area contributed by atoms with Crippen LogP contribution < -0.4 is 4.90 Å². The molecule has 1 heterocycles. The molecule has 1 nitrogen and oxygen atoms in total. The predicted octanol–water partition coefficient (Wildman–Crippen LogP) is 11.9. The number of hydrogen-bond acceptors (Lipinski definition) is 2. The third-order valence-electron chi connectivity index (χ3n) is 9.74. The summed E-state index contributed by atoms with van der Waals surface area (Å²) in [6.07, 6.45) is 0. The summed E-state index contributed by atoms with van der Waals surface area (Å²) in [5, 5.41) is 0. The number of nitrogens with zero attached hydrogens (tertiary/aromatic N) is 1. The lowest BCUT2D eigenvalue weighted by molar-refractivity contribution is 0.607. The van der Waals surface area contributed by atoms with Crippen molar-refractivity contribution in [3.05, 3.63) is 162 Å². The molecule has 0 amide bonds. The molecule has 0 saturated carbocycles. The van der Waals surface area contributed by atoms with Crippen molar-refractivity contribution >= 4 is 28.8 Å². The van der Waals surface area contributed by atoms with Gasteiger partial charge in [0, 0.05) is 32.0 Å². The van der Waals surface area contributed by atoms with Crippen molar-refractivity contribution in [1.29, 1.82) is 0 Å². The molecule has 0 unspecified atom stereocenters. The van der Waals surface area contributed by atoms with Gasteiger partial charge in [0.1, 0.15) is 0 Å². The summed E-state index contributed by atoms with van der Waals surface area (Å²) < 4.78 is 0. The van der Waals surface area contributed by atoms with Gasteiger partial charge in [-0.2, -0.15) is 0 Å². The van der Waals surface area contributed by atoms with E-state index in [9.17, 15) is 0 Å². The van der Waals surface area contributed by atoms with E-state index in [0.29, 0.717) is 0 Å². The smallest absolute Gasteiger partial charge is 0.0604 e. The van der Waals surface area contributed by atoms with Gasteiger partial charge in [-0.1, -0.05) is 143 Å². The quantitative estimate of drug-likeness (QED) is 0.202. The molecule has 8 rings (SSSR count). The van der Waals surface area contributed by atoms with Crippen molar-refractivity contribution in [3.63, 3.8) is 0 Å². The fraction of sp³-hybridized carbons (Fsp3) is 0.143. The second kappa shape index (κ2) is 10.0. The Kier molecular flexibility index (Phi) is 6.15. The van der Waals surface area contributed by atoms with Gasteiger partial charge in [0.25, 0.3) is 0 Å². The first-order valence-corrected chi connectivity index (χ1v) is 16.3. The SMILES string of the molecule is CC1(C)c2ccccc2-c2ccc(N(c3ccc(-c4ccccc4)cc3)c3cccc4c3Sc3ccccc3C4(C)C)cc21. The Morgan fingerprint density at radius 1 is 0.455 bits per heavy atom. The van der Waals surface area contributed by atoms with Crippen molar-refractivity contribution in [1.82, 2.24) is 0 Å². The summed E-state index contributed by atoms with van der Waals surface area (Å²) in [6, 6.07) is 51.4. The van der Waals surface area contributed by atoms with E-state index in [0.717, 1.165) is 5.69 Å². The monoisotopic (exact) mass is 585 g/mol. The molecule has 1 aliphatic heterocycles. The zero-order valence-corrected chi connectivity index (χ0v) is 26.5. The van der Waals surface area contributed by atoms with Crippen LogP contribution in [0.4, 0.5) is 17.1 Å². The summed E-state index contributed by atoms with van der Waals surface area (Å²) in [4.78, 5) is 5.14. The summed E-state index contributed by atoms with van der Waals surface area (Å²) in [5.41, 5.74) is 14.1. The Labute approximate surface area is 265 Å². The molecule has 214 valence electrons. The number of benzene rings is 6. The molecular formula is C42H35NS. The molecule has 0 radical (unpaired) electrons. The Morgan fingerprint density at radius 2 is 1.05 bits per heavy atom. The van der Waals surface area contributed by atoms with E-state index >= 15 is 0 Å². The van der Waals surface area contributed by atoms with E-state index in [1.165, 1.54) is 65.7 Å². The first kappa shape index (κ1) is 27.0. The Balaban J connectivity index is 1.33. The van der Waals surface area contributed by atoms with Crippen LogP contribution in [0.3, 0.4) is 0 Å². The molecule has 6 aromatic carbocycles. The third-order valence-corrected chi connectivity index (χ3v) is 10.9. The molecular weight excluding hydrogens is 551 g/mol. The Morgan fingerprint density at radius 3 is 1.84 bits per heavy atom. The normalized spacial score (nSPS) is 15.1. The molecule has 44 heavy (non-hydrogen) atoms. The van der Waals surface area contributed by atoms with Gasteiger partial charge in [-0.25, -0.2) is 0 Å². The zero-order valence-electron chi connectivity index (χ0n) is 25.6. The molecule has 6 aromatic rings. The second-order valence-electron chi connectivity index (χ2n) is 13.0. The van der Waals surface area contributed by atoms with Crippen LogP contribution in [0, 0.1) is 0 Å². The van der Waals surface area contributed by atoms with Crippen molar-refractivity contribution in [2.75, 3.05) is 4.90 Å². The van der Waals surface area contributed by atoms with Crippen LogP contribution >= 0.6 is 11.8 Å². The van der Waals surface area contributed by atoms with E-state index in [1.807, 2.05) is 11.8 Å². The highest BCUT2D eigenvalue weighted by Crippen LogP contribution is 2.55. The largest absolute Gasteiger partial charge is 0.309 e. The third kappa shape index (κ3) is 4.08. The number of fused-ring (bicyclic) bond motifs is 5. The average molecular weight is 586 g/mol. The Bertz CT molecular complexity index is 2040. The minimum atomic E-state index is -0.0996. The maximum Gasteiger partial charge on any atom is 0.0604 e. The second-order valence-corrected chi connectivity index (χ2v) is 14.1. The topological polar surface area (TPSA) is 3.24 Å². The van der Waals surface area contributed by atoms with Crippen LogP contribution in [0.5, 0.6) is 0 Å². The molecule has 2 aliphatic rings. The van der Waals surface area contributed by atoms with Crippen molar-refractivity contribution in [2.45, 2.75) is 48.3 Å². The van der Waals surface area contributed by atoms with E-state index in [4.69, 9.17) is 0 Å². The van der Waals surface area contributed by atoms with Gasteiger partial charge < -0.3 is 4.90 Å². The van der Waals surface area contributed by atoms with Crippen molar-refractivity contribution in [2.24, 2.45) is 0 Å². The average Bonchev–Trinajstić information content (AvgIpc) is 3.28. The predicted molar refractivity (Wildman–Crippen MR) is 187 cm³/mol. The first-order chi connectivity index (χ1) is 21.3. The van der Waals surface area contributed by atoms with Crippen LogP contribution in [0.2, 0.25) is 0 Å². The Hall–Kier alpha value is -4.53. The van der Waals surface area contributed by atoms with Crippen LogP contribution in [0.25, 0.3) is 22.3 Å². The fourth-order valence-electron chi connectivity index (χ4n) is 7.32. The van der Waals surface area contributed by atoms with Gasteiger partial charge in [-0.15, -0.1) is 0 Å². The standard InChI is InChI=1S/C42H35NS/c1-41(2)34-16-9-8-15-32(34)33-26-25-31(27-37(33)41)43(30-23-21-29(22-24-30)28-13-6-5-7-14-28)38-19-12-18-36-40(38)44-39-20-11-10-17-35(39)42(36,3)4/h5-27H,1-4H3. The zero-order chi connectivity index (χ0) is 30.1. The van der Waals surface area contributed by atoms with E-state index in [-0.39, 0.29) is 10.8 Å². The van der Waals surface area contributed by atoms with Gasteiger partial charge in [0.15, 0.2) is 0 Å². The van der Waals surface area contributed by atoms with Gasteiger partial charge >= 0.3 is 0 Å². The molecule has 0 aromatic heterocycles.